The molecule has 0 spiro atoms. The van der Waals surface area contributed by atoms with Crippen molar-refractivity contribution in [3.05, 3.63) is 34.1 Å². The van der Waals surface area contributed by atoms with Gasteiger partial charge in [-0.25, -0.2) is 9.78 Å². The lowest BCUT2D eigenvalue weighted by Crippen LogP contribution is -2.03. The third-order valence-electron chi connectivity index (χ3n) is 2.18. The average molecular weight is 210 g/mol. The van der Waals surface area contributed by atoms with Crippen LogP contribution in [0, 0.1) is 0 Å². The molecule has 0 bridgehead atoms. The summed E-state index contributed by atoms with van der Waals surface area (Å²) in [6, 6.07) is 1.85. The molecule has 0 fully saturated rings. The number of esters is 1. The van der Waals surface area contributed by atoms with Crippen LogP contribution in [0.3, 0.4) is 0 Å². The molecule has 2 rings (SSSR count). The van der Waals surface area contributed by atoms with E-state index in [2.05, 4.69) is 9.72 Å². The fourth-order valence-corrected chi connectivity index (χ4v) is 1.72. The number of fused-ring (bicyclic) bond motifs is 1. The number of hydrogen-bond acceptors (Lipinski definition) is 3. The van der Waals surface area contributed by atoms with Crippen LogP contribution >= 0.6 is 11.6 Å². The zero-order valence-corrected chi connectivity index (χ0v) is 8.34. The first-order valence-corrected chi connectivity index (χ1v) is 4.52. The van der Waals surface area contributed by atoms with Crippen molar-refractivity contribution in [2.75, 3.05) is 7.11 Å². The number of halogens is 1. The summed E-state index contributed by atoms with van der Waals surface area (Å²) in [5.74, 6) is -0.308. The highest BCUT2D eigenvalue weighted by Gasteiger charge is 2.20. The standard InChI is InChI=1S/C10H8ClNO2/c1-14-10(13)7-4-6-2-3-12-9(11)8(6)5-7/h2-3,5H,4H2,1H3. The summed E-state index contributed by atoms with van der Waals surface area (Å²) >= 11 is 5.88. The van der Waals surface area contributed by atoms with Gasteiger partial charge in [-0.05, 0) is 17.7 Å². The summed E-state index contributed by atoms with van der Waals surface area (Å²) in [7, 11) is 1.37. The number of carbonyl (C=O) groups excluding carboxylic acids is 1. The summed E-state index contributed by atoms with van der Waals surface area (Å²) in [5.41, 5.74) is 2.47. The van der Waals surface area contributed by atoms with E-state index in [-0.39, 0.29) is 5.97 Å². The first-order valence-electron chi connectivity index (χ1n) is 4.14. The monoisotopic (exact) mass is 209 g/mol. The Labute approximate surface area is 86.4 Å². The molecule has 0 saturated heterocycles. The summed E-state index contributed by atoms with van der Waals surface area (Å²) in [4.78, 5) is 15.2. The summed E-state index contributed by atoms with van der Waals surface area (Å²) in [6.45, 7) is 0. The van der Waals surface area contributed by atoms with Gasteiger partial charge in [0, 0.05) is 23.8 Å². The molecule has 1 aromatic heterocycles. The smallest absolute Gasteiger partial charge is 0.334 e. The largest absolute Gasteiger partial charge is 0.466 e. The molecule has 72 valence electrons. The van der Waals surface area contributed by atoms with Crippen molar-refractivity contribution in [1.29, 1.82) is 0 Å². The number of hydrogen-bond donors (Lipinski definition) is 0. The van der Waals surface area contributed by atoms with Gasteiger partial charge in [-0.15, -0.1) is 0 Å². The number of methoxy groups -OCH3 is 1. The SMILES string of the molecule is COC(=O)C1=Cc2c(ccnc2Cl)C1. The van der Waals surface area contributed by atoms with E-state index in [4.69, 9.17) is 11.6 Å². The quantitative estimate of drug-likeness (QED) is 0.524. The minimum Gasteiger partial charge on any atom is -0.466 e. The molecule has 0 atom stereocenters. The van der Waals surface area contributed by atoms with Crippen molar-refractivity contribution >= 4 is 23.6 Å². The lowest BCUT2D eigenvalue weighted by molar-refractivity contribution is -0.136. The Kier molecular flexibility index (Phi) is 2.25. The highest BCUT2D eigenvalue weighted by atomic mass is 35.5. The van der Waals surface area contributed by atoms with Gasteiger partial charge in [-0.2, -0.15) is 0 Å². The van der Waals surface area contributed by atoms with Crippen molar-refractivity contribution < 1.29 is 9.53 Å². The Morgan fingerprint density at radius 1 is 1.64 bits per heavy atom. The Bertz CT molecular complexity index is 426. The van der Waals surface area contributed by atoms with Gasteiger partial charge in [0.15, 0.2) is 0 Å². The summed E-state index contributed by atoms with van der Waals surface area (Å²) < 4.78 is 4.63. The van der Waals surface area contributed by atoms with Gasteiger partial charge >= 0.3 is 5.97 Å². The van der Waals surface area contributed by atoms with E-state index in [1.165, 1.54) is 7.11 Å². The maximum Gasteiger partial charge on any atom is 0.334 e. The van der Waals surface area contributed by atoms with E-state index in [9.17, 15) is 4.79 Å². The summed E-state index contributed by atoms with van der Waals surface area (Å²) in [6.07, 6.45) is 3.94. The third kappa shape index (κ3) is 1.40. The predicted molar refractivity (Wildman–Crippen MR) is 52.9 cm³/mol. The van der Waals surface area contributed by atoms with Gasteiger partial charge < -0.3 is 4.74 Å². The Morgan fingerprint density at radius 3 is 3.07 bits per heavy atom. The molecule has 0 aromatic carbocycles. The van der Waals surface area contributed by atoms with Crippen LogP contribution in [-0.4, -0.2) is 18.1 Å². The Balaban J connectivity index is 2.39. The van der Waals surface area contributed by atoms with Crippen LogP contribution in [0.1, 0.15) is 11.1 Å². The predicted octanol–water partition coefficient (Wildman–Crippen LogP) is 1.85. The average Bonchev–Trinajstić information content (AvgIpc) is 2.62. The van der Waals surface area contributed by atoms with Crippen LogP contribution in [0.2, 0.25) is 5.15 Å². The third-order valence-corrected chi connectivity index (χ3v) is 2.48. The number of nitrogens with zero attached hydrogens (tertiary/aromatic N) is 1. The topological polar surface area (TPSA) is 39.2 Å². The lowest BCUT2D eigenvalue weighted by atomic mass is 10.1. The molecular formula is C10H8ClNO2. The molecule has 1 aliphatic carbocycles. The van der Waals surface area contributed by atoms with Gasteiger partial charge in [0.25, 0.3) is 0 Å². The molecule has 1 aliphatic rings. The molecule has 1 heterocycles. The fourth-order valence-electron chi connectivity index (χ4n) is 1.48. The molecule has 0 aliphatic heterocycles. The summed E-state index contributed by atoms with van der Waals surface area (Å²) in [5, 5.41) is 0.432. The van der Waals surface area contributed by atoms with Crippen molar-refractivity contribution in [3.63, 3.8) is 0 Å². The number of aromatic nitrogens is 1. The molecule has 0 amide bonds. The molecule has 14 heavy (non-hydrogen) atoms. The van der Waals surface area contributed by atoms with Crippen LogP contribution in [-0.2, 0) is 16.0 Å². The molecule has 3 nitrogen and oxygen atoms in total. The van der Waals surface area contributed by atoms with Crippen LogP contribution in [0.15, 0.2) is 17.8 Å². The van der Waals surface area contributed by atoms with Crippen molar-refractivity contribution in [2.24, 2.45) is 0 Å². The van der Waals surface area contributed by atoms with E-state index >= 15 is 0 Å². The number of rotatable bonds is 1. The van der Waals surface area contributed by atoms with Crippen molar-refractivity contribution in [1.82, 2.24) is 4.98 Å². The second-order valence-corrected chi connectivity index (χ2v) is 3.37. The first kappa shape index (κ1) is 9.21. The van der Waals surface area contributed by atoms with E-state index in [1.54, 1.807) is 12.3 Å². The molecule has 4 heteroatoms. The Morgan fingerprint density at radius 2 is 2.43 bits per heavy atom. The highest BCUT2D eigenvalue weighted by Crippen LogP contribution is 2.29. The van der Waals surface area contributed by atoms with Gasteiger partial charge in [0.2, 0.25) is 0 Å². The van der Waals surface area contributed by atoms with Crippen molar-refractivity contribution in [2.45, 2.75) is 6.42 Å². The van der Waals surface area contributed by atoms with Gasteiger partial charge in [0.1, 0.15) is 5.15 Å². The van der Waals surface area contributed by atoms with Crippen LogP contribution in [0.25, 0.3) is 6.08 Å². The number of ether oxygens (including phenoxy) is 1. The van der Waals surface area contributed by atoms with Crippen LogP contribution < -0.4 is 0 Å². The van der Waals surface area contributed by atoms with Crippen molar-refractivity contribution in [3.8, 4) is 0 Å². The molecule has 1 aromatic rings. The zero-order valence-electron chi connectivity index (χ0n) is 7.58. The van der Waals surface area contributed by atoms with Gasteiger partial charge in [-0.1, -0.05) is 11.6 Å². The van der Waals surface area contributed by atoms with Gasteiger partial charge in [0.05, 0.1) is 7.11 Å². The molecule has 0 saturated carbocycles. The zero-order chi connectivity index (χ0) is 10.1. The highest BCUT2D eigenvalue weighted by molar-refractivity contribution is 6.31. The maximum atomic E-state index is 11.2. The number of pyridine rings is 1. The minimum absolute atomic E-state index is 0.308. The maximum absolute atomic E-state index is 11.2. The van der Waals surface area contributed by atoms with Crippen LogP contribution in [0.4, 0.5) is 0 Å². The van der Waals surface area contributed by atoms with E-state index in [0.717, 1.165) is 11.1 Å². The first-order chi connectivity index (χ1) is 6.72. The molecule has 0 unspecified atom stereocenters. The normalized spacial score (nSPS) is 13.4. The molecular weight excluding hydrogens is 202 g/mol. The van der Waals surface area contributed by atoms with E-state index in [1.807, 2.05) is 6.07 Å². The second kappa shape index (κ2) is 3.42. The molecule has 0 N–H and O–H groups in total. The minimum atomic E-state index is -0.308. The van der Waals surface area contributed by atoms with E-state index < -0.39 is 0 Å². The lowest BCUT2D eigenvalue weighted by Gasteiger charge is -1.98. The Hall–Kier alpha value is -1.35. The van der Waals surface area contributed by atoms with E-state index in [0.29, 0.717) is 17.1 Å². The molecule has 0 radical (unpaired) electrons. The fraction of sp³-hybridized carbons (Fsp3) is 0.200. The van der Waals surface area contributed by atoms with Crippen LogP contribution in [0.5, 0.6) is 0 Å². The van der Waals surface area contributed by atoms with Gasteiger partial charge in [-0.3, -0.25) is 0 Å². The second-order valence-electron chi connectivity index (χ2n) is 3.01. The number of carbonyl (C=O) groups is 1.